The van der Waals surface area contributed by atoms with E-state index in [0.29, 0.717) is 5.69 Å². The van der Waals surface area contributed by atoms with Gasteiger partial charge in [-0.25, -0.2) is 0 Å². The minimum atomic E-state index is -0.449. The molecule has 1 heterocycles. The normalized spacial score (nSPS) is 11.6. The molecule has 19 heavy (non-hydrogen) atoms. The number of amides is 1. The van der Waals surface area contributed by atoms with Gasteiger partial charge in [0.25, 0.3) is 0 Å². The van der Waals surface area contributed by atoms with Crippen LogP contribution in [0, 0.1) is 12.3 Å². The number of H-pyrrole nitrogens is 1. The number of aromatic nitrogens is 1. The van der Waals surface area contributed by atoms with E-state index in [1.54, 1.807) is 12.1 Å². The first-order chi connectivity index (χ1) is 8.77. The Morgan fingerprint density at radius 2 is 1.89 bits per heavy atom. The van der Waals surface area contributed by atoms with Crippen LogP contribution < -0.4 is 10.9 Å². The maximum absolute atomic E-state index is 11.9. The van der Waals surface area contributed by atoms with Gasteiger partial charge < -0.3 is 10.3 Å². The monoisotopic (exact) mass is 258 g/mol. The Balaban J connectivity index is 2.42. The summed E-state index contributed by atoms with van der Waals surface area (Å²) in [6.45, 7) is 7.46. The average Bonchev–Trinajstić information content (AvgIpc) is 2.26. The van der Waals surface area contributed by atoms with Crippen LogP contribution >= 0.6 is 0 Å². The maximum Gasteiger partial charge on any atom is 0.248 e. The second kappa shape index (κ2) is 4.53. The van der Waals surface area contributed by atoms with Crippen molar-refractivity contribution in [3.63, 3.8) is 0 Å². The molecule has 2 aromatic rings. The van der Waals surface area contributed by atoms with Gasteiger partial charge in [0, 0.05) is 22.6 Å². The molecule has 2 rings (SSSR count). The van der Waals surface area contributed by atoms with Crippen molar-refractivity contribution in [2.75, 3.05) is 5.32 Å². The minimum absolute atomic E-state index is 0.0538. The van der Waals surface area contributed by atoms with Crippen LogP contribution in [-0.4, -0.2) is 10.9 Å². The average molecular weight is 258 g/mol. The van der Waals surface area contributed by atoms with E-state index in [9.17, 15) is 9.59 Å². The minimum Gasteiger partial charge on any atom is -0.326 e. The summed E-state index contributed by atoms with van der Waals surface area (Å²) in [6, 6.07) is 7.10. The predicted octanol–water partition coefficient (Wildman–Crippen LogP) is 2.82. The van der Waals surface area contributed by atoms with Crippen LogP contribution in [-0.2, 0) is 4.79 Å². The summed E-state index contributed by atoms with van der Waals surface area (Å²) >= 11 is 0. The molecule has 100 valence electrons. The van der Waals surface area contributed by atoms with E-state index in [0.717, 1.165) is 16.5 Å². The summed E-state index contributed by atoms with van der Waals surface area (Å²) in [6.07, 6.45) is 0. The Bertz CT molecular complexity index is 693. The summed E-state index contributed by atoms with van der Waals surface area (Å²) in [5.74, 6) is -0.0538. The topological polar surface area (TPSA) is 62.0 Å². The van der Waals surface area contributed by atoms with Gasteiger partial charge in [0.05, 0.1) is 5.52 Å². The van der Waals surface area contributed by atoms with E-state index in [1.165, 1.54) is 0 Å². The van der Waals surface area contributed by atoms with Gasteiger partial charge in [-0.1, -0.05) is 26.8 Å². The molecule has 0 saturated carbocycles. The number of fused-ring (bicyclic) bond motifs is 1. The third-order valence-corrected chi connectivity index (χ3v) is 2.99. The van der Waals surface area contributed by atoms with E-state index in [-0.39, 0.29) is 11.5 Å². The molecular formula is C15H18N2O2. The van der Waals surface area contributed by atoms with Gasteiger partial charge in [0.2, 0.25) is 11.5 Å². The number of hydrogen-bond donors (Lipinski definition) is 2. The number of pyridine rings is 1. The van der Waals surface area contributed by atoms with Crippen LogP contribution in [0.4, 0.5) is 5.69 Å². The zero-order valence-corrected chi connectivity index (χ0v) is 11.6. The molecule has 1 amide bonds. The predicted molar refractivity (Wildman–Crippen MR) is 77.4 cm³/mol. The Hall–Kier alpha value is -2.10. The molecule has 4 heteroatoms. The number of benzene rings is 1. The highest BCUT2D eigenvalue weighted by Gasteiger charge is 2.21. The molecule has 1 aromatic heterocycles. The number of aryl methyl sites for hydroxylation is 1. The van der Waals surface area contributed by atoms with Crippen molar-refractivity contribution in [1.29, 1.82) is 0 Å². The summed E-state index contributed by atoms with van der Waals surface area (Å²) in [7, 11) is 0. The van der Waals surface area contributed by atoms with Crippen molar-refractivity contribution in [3.8, 4) is 0 Å². The molecule has 2 N–H and O–H groups in total. The molecular weight excluding hydrogens is 240 g/mol. The lowest BCUT2D eigenvalue weighted by molar-refractivity contribution is -0.123. The number of carbonyl (C=O) groups is 1. The van der Waals surface area contributed by atoms with E-state index in [1.807, 2.05) is 39.8 Å². The van der Waals surface area contributed by atoms with Crippen LogP contribution in [0.15, 0.2) is 29.1 Å². The van der Waals surface area contributed by atoms with Crippen molar-refractivity contribution in [3.05, 3.63) is 40.2 Å². The zero-order chi connectivity index (χ0) is 14.2. The molecule has 0 radical (unpaired) electrons. The van der Waals surface area contributed by atoms with Crippen molar-refractivity contribution < 1.29 is 4.79 Å². The van der Waals surface area contributed by atoms with Gasteiger partial charge in [-0.05, 0) is 24.6 Å². The summed E-state index contributed by atoms with van der Waals surface area (Å²) < 4.78 is 0. The number of nitrogens with one attached hydrogen (secondary N) is 2. The lowest BCUT2D eigenvalue weighted by atomic mass is 9.95. The molecule has 0 bridgehead atoms. The second-order valence-corrected chi connectivity index (χ2v) is 5.78. The van der Waals surface area contributed by atoms with Crippen LogP contribution in [0.5, 0.6) is 0 Å². The summed E-state index contributed by atoms with van der Waals surface area (Å²) in [5, 5.41) is 3.83. The molecule has 0 aliphatic heterocycles. The fourth-order valence-electron chi connectivity index (χ4n) is 1.83. The molecule has 0 saturated heterocycles. The maximum atomic E-state index is 11.9. The number of aromatic amines is 1. The van der Waals surface area contributed by atoms with Crippen molar-refractivity contribution in [2.45, 2.75) is 27.7 Å². The highest BCUT2D eigenvalue weighted by molar-refractivity contribution is 5.96. The molecule has 0 unspecified atom stereocenters. The van der Waals surface area contributed by atoms with Gasteiger partial charge in [-0.3, -0.25) is 9.59 Å². The standard InChI is InChI=1S/C15H18N2O2/c1-9-7-13(18)17-12-8-10(5-6-11(9)12)16-14(19)15(2,3)4/h5-8H,1-4H3,(H,16,19)(H,17,18). The molecule has 0 atom stereocenters. The van der Waals surface area contributed by atoms with Crippen molar-refractivity contribution >= 4 is 22.5 Å². The van der Waals surface area contributed by atoms with E-state index >= 15 is 0 Å². The van der Waals surface area contributed by atoms with Crippen LogP contribution in [0.1, 0.15) is 26.3 Å². The van der Waals surface area contributed by atoms with Crippen LogP contribution in [0.25, 0.3) is 10.9 Å². The SMILES string of the molecule is Cc1cc(=O)[nH]c2cc(NC(=O)C(C)(C)C)ccc12. The lowest BCUT2D eigenvalue weighted by Crippen LogP contribution is -2.27. The van der Waals surface area contributed by atoms with Gasteiger partial charge in [0.1, 0.15) is 0 Å². The third kappa shape index (κ3) is 2.84. The molecule has 4 nitrogen and oxygen atoms in total. The van der Waals surface area contributed by atoms with Crippen LogP contribution in [0.3, 0.4) is 0 Å². The van der Waals surface area contributed by atoms with Gasteiger partial charge >= 0.3 is 0 Å². The quantitative estimate of drug-likeness (QED) is 0.826. The van der Waals surface area contributed by atoms with Crippen molar-refractivity contribution in [2.24, 2.45) is 5.41 Å². The number of carbonyl (C=O) groups excluding carboxylic acids is 1. The molecule has 0 aliphatic rings. The van der Waals surface area contributed by atoms with Gasteiger partial charge in [-0.2, -0.15) is 0 Å². The molecule has 0 fully saturated rings. The lowest BCUT2D eigenvalue weighted by Gasteiger charge is -2.17. The largest absolute Gasteiger partial charge is 0.326 e. The smallest absolute Gasteiger partial charge is 0.248 e. The summed E-state index contributed by atoms with van der Waals surface area (Å²) in [4.78, 5) is 26.2. The highest BCUT2D eigenvalue weighted by Crippen LogP contribution is 2.21. The number of rotatable bonds is 1. The number of anilines is 1. The van der Waals surface area contributed by atoms with Gasteiger partial charge in [0.15, 0.2) is 0 Å². The summed E-state index contributed by atoms with van der Waals surface area (Å²) in [5.41, 5.74) is 1.76. The first kappa shape index (κ1) is 13.3. The fraction of sp³-hybridized carbons (Fsp3) is 0.333. The van der Waals surface area contributed by atoms with E-state index in [4.69, 9.17) is 0 Å². The third-order valence-electron chi connectivity index (χ3n) is 2.99. The Labute approximate surface area is 111 Å². The van der Waals surface area contributed by atoms with E-state index < -0.39 is 5.41 Å². The Kier molecular flexibility index (Phi) is 3.18. The fourth-order valence-corrected chi connectivity index (χ4v) is 1.83. The first-order valence-electron chi connectivity index (χ1n) is 6.22. The number of hydrogen-bond acceptors (Lipinski definition) is 2. The van der Waals surface area contributed by atoms with Crippen molar-refractivity contribution in [1.82, 2.24) is 4.98 Å². The van der Waals surface area contributed by atoms with Crippen LogP contribution in [0.2, 0.25) is 0 Å². The molecule has 0 aliphatic carbocycles. The highest BCUT2D eigenvalue weighted by atomic mass is 16.2. The Morgan fingerprint density at radius 3 is 2.53 bits per heavy atom. The Morgan fingerprint density at radius 1 is 1.21 bits per heavy atom. The molecule has 0 spiro atoms. The first-order valence-corrected chi connectivity index (χ1v) is 6.22. The van der Waals surface area contributed by atoms with E-state index in [2.05, 4.69) is 10.3 Å². The zero-order valence-electron chi connectivity index (χ0n) is 11.6. The molecule has 1 aromatic carbocycles. The van der Waals surface area contributed by atoms with Gasteiger partial charge in [-0.15, -0.1) is 0 Å². The second-order valence-electron chi connectivity index (χ2n) is 5.78.